The highest BCUT2D eigenvalue weighted by molar-refractivity contribution is 7.11. The summed E-state index contributed by atoms with van der Waals surface area (Å²) in [6.45, 7) is 16.0. The fraction of sp³-hybridized carbons (Fsp3) is 0.824. The molecule has 1 aromatic heterocycles. The third-order valence-electron chi connectivity index (χ3n) is 5.02. The summed E-state index contributed by atoms with van der Waals surface area (Å²) in [4.78, 5) is 8.76. The van der Waals surface area contributed by atoms with Crippen molar-refractivity contribution in [2.45, 2.75) is 72.0 Å². The van der Waals surface area contributed by atoms with Gasteiger partial charge in [0.1, 0.15) is 5.01 Å². The molecular formula is C17H31N3S. The highest BCUT2D eigenvalue weighted by Crippen LogP contribution is 2.33. The summed E-state index contributed by atoms with van der Waals surface area (Å²) in [6.07, 6.45) is 4.31. The van der Waals surface area contributed by atoms with E-state index in [1.807, 2.05) is 11.3 Å². The molecule has 1 fully saturated rings. The first-order valence-electron chi connectivity index (χ1n) is 8.35. The molecule has 0 aromatic carbocycles. The van der Waals surface area contributed by atoms with Crippen LogP contribution in [0.1, 0.15) is 63.9 Å². The van der Waals surface area contributed by atoms with Gasteiger partial charge in [-0.1, -0.05) is 27.7 Å². The van der Waals surface area contributed by atoms with Gasteiger partial charge in [0.15, 0.2) is 0 Å². The zero-order valence-electron chi connectivity index (χ0n) is 14.4. The van der Waals surface area contributed by atoms with Crippen molar-refractivity contribution in [1.82, 2.24) is 15.2 Å². The predicted octanol–water partition coefficient (Wildman–Crippen LogP) is 3.87. The fourth-order valence-electron chi connectivity index (χ4n) is 3.15. The van der Waals surface area contributed by atoms with Crippen LogP contribution in [0, 0.1) is 5.92 Å². The molecule has 2 heterocycles. The average Bonchev–Trinajstić information content (AvgIpc) is 2.95. The van der Waals surface area contributed by atoms with E-state index in [1.54, 1.807) is 0 Å². The van der Waals surface area contributed by atoms with Gasteiger partial charge in [0, 0.05) is 35.7 Å². The lowest BCUT2D eigenvalue weighted by atomic mass is 9.89. The van der Waals surface area contributed by atoms with E-state index < -0.39 is 0 Å². The molecule has 0 bridgehead atoms. The maximum absolute atomic E-state index is 4.69. The maximum atomic E-state index is 4.69. The summed E-state index contributed by atoms with van der Waals surface area (Å²) in [7, 11) is 0. The molecule has 1 aliphatic rings. The van der Waals surface area contributed by atoms with Crippen LogP contribution in [0.3, 0.4) is 0 Å². The molecule has 21 heavy (non-hydrogen) atoms. The van der Waals surface area contributed by atoms with Gasteiger partial charge in [0.05, 0.1) is 6.04 Å². The molecule has 0 radical (unpaired) electrons. The molecule has 3 unspecified atom stereocenters. The molecule has 0 amide bonds. The Morgan fingerprint density at radius 2 is 2.14 bits per heavy atom. The zero-order chi connectivity index (χ0) is 15.6. The smallest absolute Gasteiger partial charge is 0.110 e. The van der Waals surface area contributed by atoms with Crippen LogP contribution in [0.4, 0.5) is 0 Å². The Kier molecular flexibility index (Phi) is 5.44. The predicted molar refractivity (Wildman–Crippen MR) is 91.9 cm³/mol. The molecule has 4 heteroatoms. The summed E-state index contributed by atoms with van der Waals surface area (Å²) < 4.78 is 0. The monoisotopic (exact) mass is 309 g/mol. The van der Waals surface area contributed by atoms with Gasteiger partial charge in [0.2, 0.25) is 0 Å². The van der Waals surface area contributed by atoms with Crippen LogP contribution in [0.25, 0.3) is 0 Å². The number of nitrogens with one attached hydrogen (secondary N) is 1. The molecule has 1 aliphatic heterocycles. The molecule has 3 atom stereocenters. The van der Waals surface area contributed by atoms with Crippen LogP contribution < -0.4 is 5.32 Å². The van der Waals surface area contributed by atoms with Crippen molar-refractivity contribution < 1.29 is 0 Å². The van der Waals surface area contributed by atoms with Gasteiger partial charge < -0.3 is 5.32 Å². The van der Waals surface area contributed by atoms with E-state index in [0.29, 0.717) is 18.0 Å². The quantitative estimate of drug-likeness (QED) is 0.895. The Morgan fingerprint density at radius 3 is 2.67 bits per heavy atom. The van der Waals surface area contributed by atoms with Crippen molar-refractivity contribution in [3.63, 3.8) is 0 Å². The van der Waals surface area contributed by atoms with Gasteiger partial charge in [-0.15, -0.1) is 11.3 Å². The lowest BCUT2D eigenvalue weighted by Gasteiger charge is -2.49. The minimum absolute atomic E-state index is 0.227. The summed E-state index contributed by atoms with van der Waals surface area (Å²) >= 11 is 1.88. The van der Waals surface area contributed by atoms with Crippen LogP contribution in [-0.2, 0) is 6.42 Å². The molecule has 0 saturated carbocycles. The van der Waals surface area contributed by atoms with Crippen molar-refractivity contribution in [3.05, 3.63) is 16.1 Å². The SMILES string of the molecule is CCc1cnc(C(C)N2CC(C)(CC)NCC2C(C)C)s1. The number of aromatic nitrogens is 1. The molecule has 1 saturated heterocycles. The van der Waals surface area contributed by atoms with Crippen molar-refractivity contribution in [2.75, 3.05) is 13.1 Å². The van der Waals surface area contributed by atoms with E-state index in [9.17, 15) is 0 Å². The Bertz CT molecular complexity index is 457. The van der Waals surface area contributed by atoms with Crippen molar-refractivity contribution >= 4 is 11.3 Å². The Labute approximate surface area is 134 Å². The second-order valence-corrected chi connectivity index (χ2v) is 8.12. The normalized spacial score (nSPS) is 29.0. The third kappa shape index (κ3) is 3.66. The molecule has 1 N–H and O–H groups in total. The van der Waals surface area contributed by atoms with E-state index in [1.165, 1.54) is 16.3 Å². The van der Waals surface area contributed by atoms with Gasteiger partial charge in [-0.3, -0.25) is 4.90 Å². The molecule has 0 spiro atoms. The molecular weight excluding hydrogens is 278 g/mol. The molecule has 3 nitrogen and oxygen atoms in total. The average molecular weight is 310 g/mol. The van der Waals surface area contributed by atoms with E-state index in [-0.39, 0.29) is 5.54 Å². The van der Waals surface area contributed by atoms with Crippen molar-refractivity contribution in [3.8, 4) is 0 Å². The highest BCUT2D eigenvalue weighted by Gasteiger charge is 2.38. The molecule has 2 rings (SSSR count). The second-order valence-electron chi connectivity index (χ2n) is 6.97. The largest absolute Gasteiger partial charge is 0.309 e. The Morgan fingerprint density at radius 1 is 1.43 bits per heavy atom. The first-order chi connectivity index (χ1) is 9.90. The van der Waals surface area contributed by atoms with E-state index in [2.05, 4.69) is 62.9 Å². The molecule has 120 valence electrons. The van der Waals surface area contributed by atoms with Crippen LogP contribution in [0.15, 0.2) is 6.20 Å². The standard InChI is InChI=1S/C17H31N3S/c1-7-14-9-18-16(21-14)13(5)20-11-17(6,8-2)19-10-15(20)12(3)4/h9,12-13,15,19H,7-8,10-11H2,1-6H3. The topological polar surface area (TPSA) is 28.2 Å². The number of hydrogen-bond donors (Lipinski definition) is 1. The minimum Gasteiger partial charge on any atom is -0.309 e. The number of rotatable bonds is 5. The lowest BCUT2D eigenvalue weighted by molar-refractivity contribution is 0.0295. The van der Waals surface area contributed by atoms with E-state index in [4.69, 9.17) is 0 Å². The van der Waals surface area contributed by atoms with Crippen LogP contribution in [0.5, 0.6) is 0 Å². The van der Waals surface area contributed by atoms with Gasteiger partial charge in [0.25, 0.3) is 0 Å². The van der Waals surface area contributed by atoms with E-state index in [0.717, 1.165) is 19.5 Å². The maximum Gasteiger partial charge on any atom is 0.110 e. The van der Waals surface area contributed by atoms with Gasteiger partial charge >= 0.3 is 0 Å². The summed E-state index contributed by atoms with van der Waals surface area (Å²) in [5.74, 6) is 0.659. The highest BCUT2D eigenvalue weighted by atomic mass is 32.1. The molecule has 0 aliphatic carbocycles. The van der Waals surface area contributed by atoms with Gasteiger partial charge in [-0.05, 0) is 32.6 Å². The van der Waals surface area contributed by atoms with Crippen LogP contribution in [-0.4, -0.2) is 34.6 Å². The third-order valence-corrected chi connectivity index (χ3v) is 6.33. The fourth-order valence-corrected chi connectivity index (χ4v) is 4.07. The van der Waals surface area contributed by atoms with Crippen molar-refractivity contribution in [1.29, 1.82) is 0 Å². The number of thiazole rings is 1. The Balaban J connectivity index is 2.22. The lowest BCUT2D eigenvalue weighted by Crippen LogP contribution is -2.64. The van der Waals surface area contributed by atoms with Crippen LogP contribution in [0.2, 0.25) is 0 Å². The van der Waals surface area contributed by atoms with Crippen LogP contribution >= 0.6 is 11.3 Å². The second kappa shape index (κ2) is 6.76. The number of piperazine rings is 1. The summed E-state index contributed by atoms with van der Waals surface area (Å²) in [5.41, 5.74) is 0.227. The summed E-state index contributed by atoms with van der Waals surface area (Å²) in [6, 6.07) is 1.00. The molecule has 1 aromatic rings. The van der Waals surface area contributed by atoms with Crippen molar-refractivity contribution in [2.24, 2.45) is 5.92 Å². The number of nitrogens with zero attached hydrogens (tertiary/aromatic N) is 2. The minimum atomic E-state index is 0.227. The van der Waals surface area contributed by atoms with Gasteiger partial charge in [-0.25, -0.2) is 4.98 Å². The Hall–Kier alpha value is -0.450. The zero-order valence-corrected chi connectivity index (χ0v) is 15.3. The number of hydrogen-bond acceptors (Lipinski definition) is 4. The van der Waals surface area contributed by atoms with E-state index >= 15 is 0 Å². The first kappa shape index (κ1) is 16.9. The first-order valence-corrected chi connectivity index (χ1v) is 9.17. The summed E-state index contributed by atoms with van der Waals surface area (Å²) in [5, 5.41) is 5.05. The van der Waals surface area contributed by atoms with Gasteiger partial charge in [-0.2, -0.15) is 0 Å². The number of aryl methyl sites for hydroxylation is 1.